The molecular weight excluding hydrogens is 204 g/mol. The molecule has 1 unspecified atom stereocenters. The fourth-order valence-electron chi connectivity index (χ4n) is 1.85. The zero-order chi connectivity index (χ0) is 8.93. The molecule has 1 heterocycles. The molecule has 0 aromatic heterocycles. The van der Waals surface area contributed by atoms with Crippen LogP contribution < -0.4 is 12.3 Å². The van der Waals surface area contributed by atoms with Crippen molar-refractivity contribution in [3.8, 4) is 0 Å². The SMILES string of the molecule is N.N.c1ccc(C[SiH]2CCCCO2)cc1. The minimum atomic E-state index is -0.853. The van der Waals surface area contributed by atoms with Crippen molar-refractivity contribution in [2.24, 2.45) is 0 Å². The van der Waals surface area contributed by atoms with E-state index in [4.69, 9.17) is 4.43 Å². The summed E-state index contributed by atoms with van der Waals surface area (Å²) in [6.07, 6.45) is 2.67. The van der Waals surface area contributed by atoms with Gasteiger partial charge < -0.3 is 16.7 Å². The molecule has 0 aliphatic carbocycles. The van der Waals surface area contributed by atoms with Crippen molar-refractivity contribution < 1.29 is 4.43 Å². The van der Waals surface area contributed by atoms with Crippen LogP contribution in [-0.2, 0) is 10.5 Å². The van der Waals surface area contributed by atoms with Crippen molar-refractivity contribution in [3.05, 3.63) is 35.9 Å². The van der Waals surface area contributed by atoms with Gasteiger partial charge >= 0.3 is 0 Å². The van der Waals surface area contributed by atoms with Crippen molar-refractivity contribution in [2.45, 2.75) is 24.9 Å². The molecule has 6 N–H and O–H groups in total. The van der Waals surface area contributed by atoms with E-state index in [9.17, 15) is 0 Å². The Labute approximate surface area is 93.7 Å². The van der Waals surface area contributed by atoms with Crippen molar-refractivity contribution in [1.82, 2.24) is 12.3 Å². The minimum absolute atomic E-state index is 0. The quantitative estimate of drug-likeness (QED) is 0.761. The summed E-state index contributed by atoms with van der Waals surface area (Å²) < 4.78 is 5.82. The fourth-order valence-corrected chi connectivity index (χ4v) is 4.38. The molecule has 0 bridgehead atoms. The Hall–Kier alpha value is -0.683. The standard InChI is InChI=1S/C11H16OSi.2H3N/c1-2-6-11(7-3-1)10-13-9-5-4-8-12-13;;/h1-3,6-7,13H,4-5,8-10H2;2*1H3. The van der Waals surface area contributed by atoms with Crippen LogP contribution in [0.2, 0.25) is 6.04 Å². The van der Waals surface area contributed by atoms with E-state index in [0.29, 0.717) is 0 Å². The molecule has 0 spiro atoms. The average molecular weight is 226 g/mol. The summed E-state index contributed by atoms with van der Waals surface area (Å²) in [4.78, 5) is 0. The highest BCUT2D eigenvalue weighted by molar-refractivity contribution is 6.51. The van der Waals surface area contributed by atoms with Crippen LogP contribution in [0.1, 0.15) is 18.4 Å². The van der Waals surface area contributed by atoms with E-state index >= 15 is 0 Å². The lowest BCUT2D eigenvalue weighted by molar-refractivity contribution is 0.286. The van der Waals surface area contributed by atoms with E-state index in [2.05, 4.69) is 30.3 Å². The lowest BCUT2D eigenvalue weighted by Crippen LogP contribution is -2.26. The van der Waals surface area contributed by atoms with Crippen LogP contribution in [-0.4, -0.2) is 15.6 Å². The van der Waals surface area contributed by atoms with Gasteiger partial charge in [0.2, 0.25) is 0 Å². The Kier molecular flexibility index (Phi) is 7.24. The van der Waals surface area contributed by atoms with E-state index in [-0.39, 0.29) is 12.3 Å². The molecule has 0 saturated carbocycles. The molecule has 0 amide bonds. The van der Waals surface area contributed by atoms with Gasteiger partial charge in [-0.3, -0.25) is 0 Å². The monoisotopic (exact) mass is 226 g/mol. The second kappa shape index (κ2) is 7.59. The molecule has 1 saturated heterocycles. The third-order valence-electron chi connectivity index (χ3n) is 2.58. The third kappa shape index (κ3) is 4.57. The third-order valence-corrected chi connectivity index (χ3v) is 5.27. The molecule has 1 fully saturated rings. The summed E-state index contributed by atoms with van der Waals surface area (Å²) in [5, 5.41) is 0. The van der Waals surface area contributed by atoms with Gasteiger partial charge in [-0.2, -0.15) is 0 Å². The molecule has 1 aromatic rings. The lowest BCUT2D eigenvalue weighted by Gasteiger charge is -2.20. The molecule has 0 radical (unpaired) electrons. The van der Waals surface area contributed by atoms with Crippen molar-refractivity contribution in [2.75, 3.05) is 6.61 Å². The Morgan fingerprint density at radius 2 is 1.80 bits per heavy atom. The predicted octanol–water partition coefficient (Wildman–Crippen LogP) is 2.63. The normalized spacial score (nSPS) is 19.9. The molecule has 3 nitrogen and oxygen atoms in total. The van der Waals surface area contributed by atoms with Gasteiger partial charge in [0.05, 0.1) is 0 Å². The van der Waals surface area contributed by atoms with Crippen LogP contribution in [0.4, 0.5) is 0 Å². The van der Waals surface area contributed by atoms with Crippen LogP contribution in [0, 0.1) is 0 Å². The second-order valence-corrected chi connectivity index (χ2v) is 6.24. The summed E-state index contributed by atoms with van der Waals surface area (Å²) in [6.45, 7) is 1.02. The van der Waals surface area contributed by atoms with Gasteiger partial charge in [-0.15, -0.1) is 0 Å². The van der Waals surface area contributed by atoms with Crippen molar-refractivity contribution >= 4 is 9.04 Å². The number of rotatable bonds is 2. The van der Waals surface area contributed by atoms with E-state index < -0.39 is 9.04 Å². The molecule has 2 rings (SSSR count). The van der Waals surface area contributed by atoms with Gasteiger partial charge in [-0.1, -0.05) is 36.8 Å². The maximum absolute atomic E-state index is 5.82. The lowest BCUT2D eigenvalue weighted by atomic mass is 10.2. The van der Waals surface area contributed by atoms with Gasteiger partial charge in [0.1, 0.15) is 0 Å². The van der Waals surface area contributed by atoms with Crippen LogP contribution >= 0.6 is 0 Å². The summed E-state index contributed by atoms with van der Waals surface area (Å²) >= 11 is 0. The number of hydrogen-bond donors (Lipinski definition) is 2. The Morgan fingerprint density at radius 3 is 2.40 bits per heavy atom. The molecule has 15 heavy (non-hydrogen) atoms. The topological polar surface area (TPSA) is 79.2 Å². The predicted molar refractivity (Wildman–Crippen MR) is 67.3 cm³/mol. The summed E-state index contributed by atoms with van der Waals surface area (Å²) in [7, 11) is -0.853. The smallest absolute Gasteiger partial charge is 0.181 e. The van der Waals surface area contributed by atoms with Gasteiger partial charge in [0.15, 0.2) is 9.04 Å². The maximum Gasteiger partial charge on any atom is 0.181 e. The van der Waals surface area contributed by atoms with E-state index in [1.54, 1.807) is 0 Å². The van der Waals surface area contributed by atoms with Crippen molar-refractivity contribution in [1.29, 1.82) is 0 Å². The van der Waals surface area contributed by atoms with Crippen LogP contribution in [0.15, 0.2) is 30.3 Å². The average Bonchev–Trinajstić information content (AvgIpc) is 2.21. The van der Waals surface area contributed by atoms with E-state index in [1.165, 1.54) is 30.5 Å². The molecule has 1 atom stereocenters. The van der Waals surface area contributed by atoms with Crippen LogP contribution in [0.3, 0.4) is 0 Å². The van der Waals surface area contributed by atoms with E-state index in [1.807, 2.05) is 0 Å². The highest BCUT2D eigenvalue weighted by Crippen LogP contribution is 2.14. The second-order valence-electron chi connectivity index (χ2n) is 3.68. The van der Waals surface area contributed by atoms with Gasteiger partial charge in [-0.25, -0.2) is 0 Å². The van der Waals surface area contributed by atoms with Crippen LogP contribution in [0.25, 0.3) is 0 Å². The summed E-state index contributed by atoms with van der Waals surface area (Å²) in [5.74, 6) is 0. The molecule has 86 valence electrons. The van der Waals surface area contributed by atoms with Gasteiger partial charge in [0, 0.05) is 6.61 Å². The zero-order valence-electron chi connectivity index (χ0n) is 9.32. The summed E-state index contributed by atoms with van der Waals surface area (Å²) in [5.41, 5.74) is 1.46. The molecule has 1 aromatic carbocycles. The molecular formula is C11H22N2OSi. The molecule has 4 heteroatoms. The molecule has 1 aliphatic rings. The number of hydrogen-bond acceptors (Lipinski definition) is 3. The Morgan fingerprint density at radius 1 is 1.07 bits per heavy atom. The first-order chi connectivity index (χ1) is 6.45. The first-order valence-electron chi connectivity index (χ1n) is 5.11. The Bertz CT molecular complexity index is 250. The first-order valence-corrected chi connectivity index (χ1v) is 7.21. The maximum atomic E-state index is 5.82. The fraction of sp³-hybridized carbons (Fsp3) is 0.455. The highest BCUT2D eigenvalue weighted by atomic mass is 28.3. The van der Waals surface area contributed by atoms with Crippen molar-refractivity contribution in [3.63, 3.8) is 0 Å². The van der Waals surface area contributed by atoms with Gasteiger partial charge in [-0.05, 0) is 24.1 Å². The van der Waals surface area contributed by atoms with E-state index in [0.717, 1.165) is 6.61 Å². The zero-order valence-corrected chi connectivity index (χ0v) is 10.5. The Balaban J connectivity index is 0.000000980. The molecule has 1 aliphatic heterocycles. The minimum Gasteiger partial charge on any atom is -0.420 e. The number of benzene rings is 1. The largest absolute Gasteiger partial charge is 0.420 e. The highest BCUT2D eigenvalue weighted by Gasteiger charge is 2.15. The summed E-state index contributed by atoms with van der Waals surface area (Å²) in [6, 6.07) is 13.3. The van der Waals surface area contributed by atoms with Crippen LogP contribution in [0.5, 0.6) is 0 Å². The first kappa shape index (κ1) is 14.3. The van der Waals surface area contributed by atoms with Gasteiger partial charge in [0.25, 0.3) is 0 Å².